The molecule has 1 aromatic rings. The van der Waals surface area contributed by atoms with E-state index in [0.29, 0.717) is 5.02 Å². The van der Waals surface area contributed by atoms with E-state index in [1.54, 1.807) is 13.0 Å². The van der Waals surface area contributed by atoms with E-state index in [0.717, 1.165) is 11.1 Å². The highest BCUT2D eigenvalue weighted by Crippen LogP contribution is 2.26. The Morgan fingerprint density at radius 2 is 2.23 bits per heavy atom. The monoisotopic (exact) mass is 197 g/mol. The molecule has 0 atom stereocenters. The Morgan fingerprint density at radius 1 is 1.62 bits per heavy atom. The summed E-state index contributed by atoms with van der Waals surface area (Å²) in [5, 5.41) is 10.7. The molecule has 1 aromatic carbocycles. The molecule has 0 radical (unpaired) electrons. The van der Waals surface area contributed by atoms with Gasteiger partial charge in [0.1, 0.15) is 0 Å². The minimum Gasteiger partial charge on any atom is -0.258 e. The molecule has 0 fully saturated rings. The molecular formula is C9H8ClNO2. The van der Waals surface area contributed by atoms with E-state index in [1.165, 1.54) is 12.1 Å². The molecule has 3 nitrogen and oxygen atoms in total. The highest BCUT2D eigenvalue weighted by atomic mass is 35.5. The number of nitro groups is 1. The molecule has 1 rings (SSSR count). The van der Waals surface area contributed by atoms with Gasteiger partial charge in [0.15, 0.2) is 0 Å². The zero-order chi connectivity index (χ0) is 10.0. The van der Waals surface area contributed by atoms with Crippen molar-refractivity contribution in [1.82, 2.24) is 0 Å². The normalized spacial score (nSPS) is 9.69. The molecule has 13 heavy (non-hydrogen) atoms. The van der Waals surface area contributed by atoms with Gasteiger partial charge >= 0.3 is 0 Å². The lowest BCUT2D eigenvalue weighted by Gasteiger charge is -2.01. The van der Waals surface area contributed by atoms with E-state index < -0.39 is 4.92 Å². The van der Waals surface area contributed by atoms with Crippen molar-refractivity contribution in [2.75, 3.05) is 0 Å². The van der Waals surface area contributed by atoms with Crippen molar-refractivity contribution < 1.29 is 4.92 Å². The van der Waals surface area contributed by atoms with Gasteiger partial charge in [-0.15, -0.1) is 0 Å². The first-order valence-electron chi connectivity index (χ1n) is 3.62. The summed E-state index contributed by atoms with van der Waals surface area (Å²) in [4.78, 5) is 9.88. The molecule has 0 unspecified atom stereocenters. The van der Waals surface area contributed by atoms with Gasteiger partial charge < -0.3 is 0 Å². The molecule has 0 saturated heterocycles. The maximum Gasteiger partial charge on any atom is 0.270 e. The quantitative estimate of drug-likeness (QED) is 0.539. The molecule has 68 valence electrons. The summed E-state index contributed by atoms with van der Waals surface area (Å²) in [6.07, 6.45) is 0. The molecule has 0 amide bonds. The maximum absolute atomic E-state index is 10.4. The van der Waals surface area contributed by atoms with Gasteiger partial charge in [-0.05, 0) is 24.1 Å². The van der Waals surface area contributed by atoms with E-state index in [1.807, 2.05) is 0 Å². The number of hydrogen-bond acceptors (Lipinski definition) is 2. The summed E-state index contributed by atoms with van der Waals surface area (Å²) < 4.78 is 0. The summed E-state index contributed by atoms with van der Waals surface area (Å²) in [7, 11) is 0. The van der Waals surface area contributed by atoms with Crippen molar-refractivity contribution >= 4 is 22.9 Å². The van der Waals surface area contributed by atoms with Gasteiger partial charge in [0.25, 0.3) is 5.69 Å². The molecule has 0 aliphatic heterocycles. The third-order valence-electron chi connectivity index (χ3n) is 1.62. The number of benzene rings is 1. The van der Waals surface area contributed by atoms with Crippen LogP contribution in [-0.4, -0.2) is 4.92 Å². The predicted molar refractivity (Wildman–Crippen MR) is 52.8 cm³/mol. The van der Waals surface area contributed by atoms with Crippen LogP contribution in [0.25, 0.3) is 5.57 Å². The molecular weight excluding hydrogens is 190 g/mol. The zero-order valence-electron chi connectivity index (χ0n) is 7.08. The predicted octanol–water partition coefficient (Wildman–Crippen LogP) is 3.28. The number of rotatable bonds is 2. The van der Waals surface area contributed by atoms with Gasteiger partial charge in [0.05, 0.1) is 9.95 Å². The van der Waals surface area contributed by atoms with Crippen molar-refractivity contribution in [2.24, 2.45) is 0 Å². The smallest absolute Gasteiger partial charge is 0.258 e. The fourth-order valence-electron chi connectivity index (χ4n) is 0.964. The Labute approximate surface area is 80.8 Å². The second-order valence-electron chi connectivity index (χ2n) is 2.70. The molecule has 0 bridgehead atoms. The molecule has 0 aliphatic carbocycles. The Kier molecular flexibility index (Phi) is 2.68. The molecule has 0 saturated carbocycles. The minimum absolute atomic E-state index is 0.00463. The van der Waals surface area contributed by atoms with Gasteiger partial charge in [-0.2, -0.15) is 0 Å². The summed E-state index contributed by atoms with van der Waals surface area (Å²) in [6.45, 7) is 5.51. The Bertz CT molecular complexity index is 374. The summed E-state index contributed by atoms with van der Waals surface area (Å²) >= 11 is 5.80. The summed E-state index contributed by atoms with van der Waals surface area (Å²) in [5.74, 6) is 0. The lowest BCUT2D eigenvalue weighted by molar-refractivity contribution is -0.384. The van der Waals surface area contributed by atoms with Gasteiger partial charge in [-0.3, -0.25) is 10.1 Å². The topological polar surface area (TPSA) is 43.1 Å². The Hall–Kier alpha value is -1.35. The fraction of sp³-hybridized carbons (Fsp3) is 0.111. The third-order valence-corrected chi connectivity index (χ3v) is 1.94. The van der Waals surface area contributed by atoms with Gasteiger partial charge in [-0.25, -0.2) is 0 Å². The van der Waals surface area contributed by atoms with Crippen LogP contribution >= 0.6 is 11.6 Å². The maximum atomic E-state index is 10.4. The average Bonchev–Trinajstić information content (AvgIpc) is 2.03. The third kappa shape index (κ3) is 2.06. The molecule has 0 spiro atoms. The van der Waals surface area contributed by atoms with Crippen LogP contribution in [-0.2, 0) is 0 Å². The van der Waals surface area contributed by atoms with Crippen LogP contribution in [0.2, 0.25) is 5.02 Å². The van der Waals surface area contributed by atoms with Crippen LogP contribution < -0.4 is 0 Å². The second-order valence-corrected chi connectivity index (χ2v) is 3.11. The van der Waals surface area contributed by atoms with Crippen molar-refractivity contribution in [1.29, 1.82) is 0 Å². The Morgan fingerprint density at radius 3 is 2.62 bits per heavy atom. The van der Waals surface area contributed by atoms with E-state index in [2.05, 4.69) is 6.58 Å². The van der Waals surface area contributed by atoms with Crippen molar-refractivity contribution in [3.63, 3.8) is 0 Å². The van der Waals surface area contributed by atoms with Crippen molar-refractivity contribution in [3.8, 4) is 0 Å². The molecule has 0 aromatic heterocycles. The Balaban J connectivity index is 3.20. The number of allylic oxidation sites excluding steroid dienone is 1. The van der Waals surface area contributed by atoms with Crippen LogP contribution in [0.1, 0.15) is 12.5 Å². The van der Waals surface area contributed by atoms with E-state index in [4.69, 9.17) is 11.6 Å². The number of halogens is 1. The van der Waals surface area contributed by atoms with Crippen LogP contribution in [0.4, 0.5) is 5.69 Å². The van der Waals surface area contributed by atoms with Gasteiger partial charge in [0, 0.05) is 12.1 Å². The minimum atomic E-state index is -0.478. The molecule has 0 N–H and O–H groups in total. The van der Waals surface area contributed by atoms with E-state index in [-0.39, 0.29) is 5.69 Å². The first-order valence-corrected chi connectivity index (χ1v) is 4.00. The largest absolute Gasteiger partial charge is 0.270 e. The number of hydrogen-bond donors (Lipinski definition) is 0. The lowest BCUT2D eigenvalue weighted by atomic mass is 10.1. The lowest BCUT2D eigenvalue weighted by Crippen LogP contribution is -1.89. The molecule has 0 heterocycles. The SMILES string of the molecule is C=C(C)c1ccc([N+](=O)[O-])cc1Cl. The summed E-state index contributed by atoms with van der Waals surface area (Å²) in [6, 6.07) is 4.34. The highest BCUT2D eigenvalue weighted by molar-refractivity contribution is 6.32. The second kappa shape index (κ2) is 3.58. The van der Waals surface area contributed by atoms with Crippen LogP contribution in [0.3, 0.4) is 0 Å². The standard InChI is InChI=1S/C9H8ClNO2/c1-6(2)8-4-3-7(11(12)13)5-9(8)10/h3-5H,1H2,2H3. The van der Waals surface area contributed by atoms with E-state index >= 15 is 0 Å². The molecule has 0 aliphatic rings. The summed E-state index contributed by atoms with van der Waals surface area (Å²) in [5.41, 5.74) is 1.53. The van der Waals surface area contributed by atoms with Crippen LogP contribution in [0.15, 0.2) is 24.8 Å². The first kappa shape index (κ1) is 9.74. The fourth-order valence-corrected chi connectivity index (χ4v) is 1.30. The van der Waals surface area contributed by atoms with Crippen LogP contribution in [0, 0.1) is 10.1 Å². The molecule has 4 heteroatoms. The first-order chi connectivity index (χ1) is 6.02. The zero-order valence-corrected chi connectivity index (χ0v) is 7.84. The average molecular weight is 198 g/mol. The van der Waals surface area contributed by atoms with Crippen molar-refractivity contribution in [3.05, 3.63) is 45.5 Å². The number of nitrogens with zero attached hydrogens (tertiary/aromatic N) is 1. The number of nitro benzene ring substituents is 1. The highest BCUT2D eigenvalue weighted by Gasteiger charge is 2.08. The van der Waals surface area contributed by atoms with Crippen molar-refractivity contribution in [2.45, 2.75) is 6.92 Å². The van der Waals surface area contributed by atoms with Gasteiger partial charge in [-0.1, -0.05) is 18.2 Å². The van der Waals surface area contributed by atoms with E-state index in [9.17, 15) is 10.1 Å². The number of non-ortho nitro benzene ring substituents is 1. The van der Waals surface area contributed by atoms with Crippen LogP contribution in [0.5, 0.6) is 0 Å². The van der Waals surface area contributed by atoms with Gasteiger partial charge in [0.2, 0.25) is 0 Å².